The van der Waals surface area contributed by atoms with Crippen LogP contribution in [0.25, 0.3) is 11.1 Å². The molecule has 0 heterocycles. The van der Waals surface area contributed by atoms with E-state index in [0.29, 0.717) is 15.8 Å². The van der Waals surface area contributed by atoms with Gasteiger partial charge in [0.2, 0.25) is 0 Å². The quantitative estimate of drug-likeness (QED) is 0.362. The maximum absolute atomic E-state index is 11.9. The molecule has 7 heteroatoms. The van der Waals surface area contributed by atoms with Crippen LogP contribution >= 0.6 is 31.9 Å². The Morgan fingerprint density at radius 3 is 2.43 bits per heavy atom. The largest absolute Gasteiger partial charge is 0.506 e. The highest BCUT2D eigenvalue weighted by molar-refractivity contribution is 9.11. The molecule has 0 spiro atoms. The van der Waals surface area contributed by atoms with Crippen molar-refractivity contribution >= 4 is 44.0 Å². The van der Waals surface area contributed by atoms with Crippen LogP contribution in [0.2, 0.25) is 0 Å². The summed E-state index contributed by atoms with van der Waals surface area (Å²) in [6.07, 6.45) is 1.36. The second-order valence-electron chi connectivity index (χ2n) is 5.80. The molecule has 0 saturated heterocycles. The fraction of sp³-hybridized carbons (Fsp3) is 0.0476. The molecule has 0 aromatic heterocycles. The lowest BCUT2D eigenvalue weighted by atomic mass is 10.1. The zero-order valence-corrected chi connectivity index (χ0v) is 17.8. The molecule has 0 saturated carbocycles. The summed E-state index contributed by atoms with van der Waals surface area (Å²) < 4.78 is 6.77. The molecule has 142 valence electrons. The molecular weight excluding hydrogens is 488 g/mol. The summed E-state index contributed by atoms with van der Waals surface area (Å²) in [5.74, 6) is 0.222. The first-order valence-electron chi connectivity index (χ1n) is 8.31. The summed E-state index contributed by atoms with van der Waals surface area (Å²) in [7, 11) is 0. The van der Waals surface area contributed by atoms with E-state index < -0.39 is 5.91 Å². The third kappa shape index (κ3) is 5.43. The minimum Gasteiger partial charge on any atom is -0.506 e. The number of carbonyl (C=O) groups is 1. The Labute approximate surface area is 179 Å². The number of rotatable bonds is 6. The minimum absolute atomic E-state index is 0.0379. The second-order valence-corrected chi connectivity index (χ2v) is 7.57. The molecule has 0 bridgehead atoms. The molecule has 0 radical (unpaired) electrons. The van der Waals surface area contributed by atoms with Crippen molar-refractivity contribution in [1.29, 1.82) is 0 Å². The highest BCUT2D eigenvalue weighted by Crippen LogP contribution is 2.30. The normalized spacial score (nSPS) is 10.8. The van der Waals surface area contributed by atoms with Crippen LogP contribution in [0, 0.1) is 0 Å². The van der Waals surface area contributed by atoms with Crippen molar-refractivity contribution in [2.24, 2.45) is 5.10 Å². The van der Waals surface area contributed by atoms with Gasteiger partial charge < -0.3 is 9.84 Å². The fourth-order valence-corrected chi connectivity index (χ4v) is 3.67. The molecule has 0 atom stereocenters. The van der Waals surface area contributed by atoms with E-state index in [1.54, 1.807) is 12.1 Å². The molecule has 0 unspecified atom stereocenters. The number of phenolic OH excluding ortho intramolecular Hbond substituents is 1. The number of hydrogen-bond acceptors (Lipinski definition) is 4. The molecule has 5 nitrogen and oxygen atoms in total. The monoisotopic (exact) mass is 502 g/mol. The third-order valence-corrected chi connectivity index (χ3v) is 4.84. The van der Waals surface area contributed by atoms with E-state index >= 15 is 0 Å². The van der Waals surface area contributed by atoms with Crippen molar-refractivity contribution in [3.05, 3.63) is 81.2 Å². The highest BCUT2D eigenvalue weighted by Gasteiger charge is 2.06. The maximum atomic E-state index is 11.9. The summed E-state index contributed by atoms with van der Waals surface area (Å²) in [4.78, 5) is 11.9. The summed E-state index contributed by atoms with van der Waals surface area (Å²) in [5, 5.41) is 13.8. The lowest BCUT2D eigenvalue weighted by Gasteiger charge is -2.07. The molecule has 0 aliphatic heterocycles. The average molecular weight is 504 g/mol. The van der Waals surface area contributed by atoms with Crippen molar-refractivity contribution in [2.45, 2.75) is 0 Å². The van der Waals surface area contributed by atoms with E-state index in [2.05, 4.69) is 42.4 Å². The molecule has 0 fully saturated rings. The van der Waals surface area contributed by atoms with Gasteiger partial charge in [-0.05, 0) is 51.3 Å². The number of carbonyl (C=O) groups excluding carboxylic acids is 1. The van der Waals surface area contributed by atoms with Crippen molar-refractivity contribution in [2.75, 3.05) is 6.61 Å². The van der Waals surface area contributed by atoms with Crippen LogP contribution in [-0.2, 0) is 4.79 Å². The van der Waals surface area contributed by atoms with Gasteiger partial charge in [-0.2, -0.15) is 5.10 Å². The van der Waals surface area contributed by atoms with Gasteiger partial charge in [-0.25, -0.2) is 5.43 Å². The van der Waals surface area contributed by atoms with E-state index in [1.807, 2.05) is 54.6 Å². The van der Waals surface area contributed by atoms with Crippen LogP contribution in [0.3, 0.4) is 0 Å². The number of halogens is 2. The zero-order chi connectivity index (χ0) is 19.9. The van der Waals surface area contributed by atoms with Gasteiger partial charge in [0.1, 0.15) is 11.5 Å². The number of amides is 1. The van der Waals surface area contributed by atoms with Gasteiger partial charge in [-0.1, -0.05) is 58.4 Å². The Bertz CT molecular complexity index is 991. The first kappa shape index (κ1) is 20.1. The Kier molecular flexibility index (Phi) is 6.84. The first-order valence-corrected chi connectivity index (χ1v) is 9.90. The summed E-state index contributed by atoms with van der Waals surface area (Å²) in [6.45, 7) is -0.170. The second kappa shape index (κ2) is 9.52. The molecular formula is C21H16Br2N2O3. The van der Waals surface area contributed by atoms with Crippen LogP contribution in [0.4, 0.5) is 0 Å². The van der Waals surface area contributed by atoms with Gasteiger partial charge in [0.05, 0.1) is 10.7 Å². The molecule has 3 aromatic rings. The summed E-state index contributed by atoms with van der Waals surface area (Å²) in [6, 6.07) is 20.9. The standard InChI is InChI=1S/C21H16Br2N2O3/c22-17-10-16(21(27)19(23)11-17)12-24-25-20(26)13-28-18-8-6-15(7-9-18)14-4-2-1-3-5-14/h1-12,27H,13H2,(H,25,26)/b24-12+. The average Bonchev–Trinajstić information content (AvgIpc) is 2.71. The van der Waals surface area contributed by atoms with Crippen molar-refractivity contribution in [1.82, 2.24) is 5.43 Å². The minimum atomic E-state index is -0.406. The number of phenols is 1. The lowest BCUT2D eigenvalue weighted by Crippen LogP contribution is -2.24. The number of hydrazone groups is 1. The molecule has 0 aliphatic carbocycles. The Morgan fingerprint density at radius 1 is 1.04 bits per heavy atom. The van der Waals surface area contributed by atoms with Gasteiger partial charge >= 0.3 is 0 Å². The maximum Gasteiger partial charge on any atom is 0.277 e. The number of hydrogen-bond donors (Lipinski definition) is 2. The lowest BCUT2D eigenvalue weighted by molar-refractivity contribution is -0.123. The van der Waals surface area contributed by atoms with Crippen LogP contribution in [0.15, 0.2) is 80.8 Å². The number of aromatic hydroxyl groups is 1. The molecule has 0 aliphatic rings. The van der Waals surface area contributed by atoms with E-state index in [0.717, 1.165) is 15.6 Å². The van der Waals surface area contributed by atoms with E-state index in [-0.39, 0.29) is 12.4 Å². The molecule has 28 heavy (non-hydrogen) atoms. The highest BCUT2D eigenvalue weighted by atomic mass is 79.9. The van der Waals surface area contributed by atoms with Gasteiger partial charge in [-0.3, -0.25) is 4.79 Å². The molecule has 2 N–H and O–H groups in total. The van der Waals surface area contributed by atoms with Gasteiger partial charge in [0, 0.05) is 10.0 Å². The van der Waals surface area contributed by atoms with Gasteiger partial charge in [0.25, 0.3) is 5.91 Å². The predicted molar refractivity (Wildman–Crippen MR) is 117 cm³/mol. The number of benzene rings is 3. The fourth-order valence-electron chi connectivity index (χ4n) is 2.41. The topological polar surface area (TPSA) is 70.9 Å². The Balaban J connectivity index is 1.52. The van der Waals surface area contributed by atoms with Crippen molar-refractivity contribution in [3.8, 4) is 22.6 Å². The SMILES string of the molecule is O=C(COc1ccc(-c2ccccc2)cc1)N/N=C/c1cc(Br)cc(Br)c1O. The van der Waals surface area contributed by atoms with Crippen LogP contribution in [0.5, 0.6) is 11.5 Å². The van der Waals surface area contributed by atoms with Crippen LogP contribution in [-0.4, -0.2) is 23.8 Å². The van der Waals surface area contributed by atoms with Crippen LogP contribution < -0.4 is 10.2 Å². The number of ether oxygens (including phenoxy) is 1. The molecule has 1 amide bonds. The molecule has 3 rings (SSSR count). The van der Waals surface area contributed by atoms with Crippen molar-refractivity contribution in [3.63, 3.8) is 0 Å². The smallest absolute Gasteiger partial charge is 0.277 e. The number of nitrogens with zero attached hydrogens (tertiary/aromatic N) is 1. The zero-order valence-electron chi connectivity index (χ0n) is 14.6. The predicted octanol–water partition coefficient (Wildman–Crippen LogP) is 5.11. The molecule has 3 aromatic carbocycles. The van der Waals surface area contributed by atoms with Crippen LogP contribution in [0.1, 0.15) is 5.56 Å². The third-order valence-electron chi connectivity index (χ3n) is 3.78. The first-order chi connectivity index (χ1) is 13.5. The van der Waals surface area contributed by atoms with Gasteiger partial charge in [0.15, 0.2) is 6.61 Å². The summed E-state index contributed by atoms with van der Waals surface area (Å²) in [5.41, 5.74) is 5.01. The Morgan fingerprint density at radius 2 is 1.71 bits per heavy atom. The summed E-state index contributed by atoms with van der Waals surface area (Å²) >= 11 is 6.57. The van der Waals surface area contributed by atoms with Gasteiger partial charge in [-0.15, -0.1) is 0 Å². The van der Waals surface area contributed by atoms with E-state index in [9.17, 15) is 9.90 Å². The van der Waals surface area contributed by atoms with E-state index in [4.69, 9.17) is 4.74 Å². The Hall–Kier alpha value is -2.64. The van der Waals surface area contributed by atoms with E-state index in [1.165, 1.54) is 6.21 Å². The van der Waals surface area contributed by atoms with Crippen molar-refractivity contribution < 1.29 is 14.6 Å². The number of nitrogens with one attached hydrogen (secondary N) is 1.